The van der Waals surface area contributed by atoms with Crippen LogP contribution in [0, 0.1) is 5.92 Å². The lowest BCUT2D eigenvalue weighted by molar-refractivity contribution is 0.529. The Hall–Kier alpha value is -1.36. The number of nitrogens with two attached hydrogens (primary N) is 1. The quantitative estimate of drug-likeness (QED) is 0.622. The largest absolute Gasteiger partial charge is 0.353 e. The van der Waals surface area contributed by atoms with Crippen molar-refractivity contribution < 1.29 is 0 Å². The summed E-state index contributed by atoms with van der Waals surface area (Å²) in [6, 6.07) is 2.58. The molecule has 2 rings (SSSR count). The lowest BCUT2D eigenvalue weighted by Crippen LogP contribution is -2.37. The standard InChI is InChI=1S/C16H29N5/c1-11(2)10-21(13-7-5-6-8-13)15-9-14(20-17)18-16(19-15)12(3)4/h9,11-13H,5-8,10,17H2,1-4H3,(H,18,19,20). The van der Waals surface area contributed by atoms with E-state index in [1.165, 1.54) is 25.7 Å². The first kappa shape index (κ1) is 16.0. The molecule has 1 aromatic rings. The van der Waals surface area contributed by atoms with E-state index in [4.69, 9.17) is 10.8 Å². The van der Waals surface area contributed by atoms with Crippen LogP contribution in [0.25, 0.3) is 0 Å². The summed E-state index contributed by atoms with van der Waals surface area (Å²) < 4.78 is 0. The van der Waals surface area contributed by atoms with Crippen molar-refractivity contribution in [3.05, 3.63) is 11.9 Å². The summed E-state index contributed by atoms with van der Waals surface area (Å²) in [6.45, 7) is 9.77. The lowest BCUT2D eigenvalue weighted by Gasteiger charge is -2.32. The number of rotatable bonds is 6. The molecule has 0 bridgehead atoms. The van der Waals surface area contributed by atoms with Gasteiger partial charge in [-0.15, -0.1) is 0 Å². The van der Waals surface area contributed by atoms with Gasteiger partial charge in [0, 0.05) is 24.6 Å². The molecule has 1 aromatic heterocycles. The van der Waals surface area contributed by atoms with Crippen LogP contribution in [0.5, 0.6) is 0 Å². The van der Waals surface area contributed by atoms with E-state index in [0.29, 0.717) is 23.7 Å². The Labute approximate surface area is 128 Å². The molecule has 5 nitrogen and oxygen atoms in total. The van der Waals surface area contributed by atoms with Gasteiger partial charge in [0.05, 0.1) is 0 Å². The van der Waals surface area contributed by atoms with Gasteiger partial charge in [-0.3, -0.25) is 0 Å². The monoisotopic (exact) mass is 291 g/mol. The minimum atomic E-state index is 0.293. The Morgan fingerprint density at radius 2 is 1.90 bits per heavy atom. The minimum Gasteiger partial charge on any atom is -0.353 e. The second-order valence-corrected chi connectivity index (χ2v) is 6.75. The average Bonchev–Trinajstić information content (AvgIpc) is 2.97. The molecule has 118 valence electrons. The Kier molecular flexibility index (Phi) is 5.39. The van der Waals surface area contributed by atoms with E-state index in [0.717, 1.165) is 18.2 Å². The van der Waals surface area contributed by atoms with E-state index < -0.39 is 0 Å². The van der Waals surface area contributed by atoms with E-state index in [1.807, 2.05) is 6.07 Å². The molecular formula is C16H29N5. The molecule has 1 aliphatic rings. The molecule has 1 fully saturated rings. The van der Waals surface area contributed by atoms with Gasteiger partial charge in [-0.1, -0.05) is 40.5 Å². The Balaban J connectivity index is 2.35. The molecule has 5 heteroatoms. The number of nitrogens with zero attached hydrogens (tertiary/aromatic N) is 3. The number of nitrogens with one attached hydrogen (secondary N) is 1. The fourth-order valence-corrected chi connectivity index (χ4v) is 2.97. The number of hydrogen-bond donors (Lipinski definition) is 2. The summed E-state index contributed by atoms with van der Waals surface area (Å²) in [6.07, 6.45) is 5.17. The zero-order valence-corrected chi connectivity index (χ0v) is 13.8. The topological polar surface area (TPSA) is 67.1 Å². The summed E-state index contributed by atoms with van der Waals surface area (Å²) in [4.78, 5) is 11.7. The highest BCUT2D eigenvalue weighted by atomic mass is 15.3. The van der Waals surface area contributed by atoms with Crippen LogP contribution in [-0.4, -0.2) is 22.6 Å². The van der Waals surface area contributed by atoms with Crippen molar-refractivity contribution in [1.29, 1.82) is 0 Å². The van der Waals surface area contributed by atoms with Gasteiger partial charge in [0.15, 0.2) is 0 Å². The lowest BCUT2D eigenvalue weighted by atomic mass is 10.1. The minimum absolute atomic E-state index is 0.293. The summed E-state index contributed by atoms with van der Waals surface area (Å²) in [7, 11) is 0. The molecule has 0 aromatic carbocycles. The molecule has 21 heavy (non-hydrogen) atoms. The molecule has 3 N–H and O–H groups in total. The van der Waals surface area contributed by atoms with Gasteiger partial charge in [0.1, 0.15) is 17.5 Å². The molecular weight excluding hydrogens is 262 g/mol. The zero-order valence-electron chi connectivity index (χ0n) is 13.8. The molecule has 0 amide bonds. The summed E-state index contributed by atoms with van der Waals surface area (Å²) in [5.41, 5.74) is 2.68. The van der Waals surface area contributed by atoms with E-state index in [1.54, 1.807) is 0 Å². The van der Waals surface area contributed by atoms with Gasteiger partial charge < -0.3 is 10.3 Å². The van der Waals surface area contributed by atoms with Crippen LogP contribution in [0.1, 0.15) is 65.1 Å². The molecule has 1 heterocycles. The highest BCUT2D eigenvalue weighted by Crippen LogP contribution is 2.29. The summed E-state index contributed by atoms with van der Waals surface area (Å²) >= 11 is 0. The number of hydrogen-bond acceptors (Lipinski definition) is 5. The van der Waals surface area contributed by atoms with Crippen molar-refractivity contribution in [2.75, 3.05) is 16.9 Å². The molecule has 0 saturated heterocycles. The normalized spacial score (nSPS) is 16.0. The predicted octanol–water partition coefficient (Wildman–Crippen LogP) is 3.29. The number of aromatic nitrogens is 2. The maximum absolute atomic E-state index is 5.58. The van der Waals surface area contributed by atoms with Crippen LogP contribution >= 0.6 is 0 Å². The van der Waals surface area contributed by atoms with E-state index in [9.17, 15) is 0 Å². The van der Waals surface area contributed by atoms with Crippen molar-refractivity contribution in [3.63, 3.8) is 0 Å². The van der Waals surface area contributed by atoms with Crippen molar-refractivity contribution in [2.45, 2.75) is 65.3 Å². The maximum Gasteiger partial charge on any atom is 0.145 e. The fourth-order valence-electron chi connectivity index (χ4n) is 2.97. The number of nitrogen functional groups attached to an aromatic ring is 1. The van der Waals surface area contributed by atoms with Gasteiger partial charge in [0.25, 0.3) is 0 Å². The maximum atomic E-state index is 5.58. The van der Waals surface area contributed by atoms with Crippen LogP contribution in [0.3, 0.4) is 0 Å². The first-order chi connectivity index (χ1) is 10.0. The van der Waals surface area contributed by atoms with E-state index in [-0.39, 0.29) is 0 Å². The molecule has 0 aliphatic heterocycles. The van der Waals surface area contributed by atoms with Crippen LogP contribution in [0.4, 0.5) is 11.6 Å². The third-order valence-corrected chi connectivity index (χ3v) is 4.02. The van der Waals surface area contributed by atoms with Crippen molar-refractivity contribution >= 4 is 11.6 Å². The first-order valence-corrected chi connectivity index (χ1v) is 8.13. The fraction of sp³-hybridized carbons (Fsp3) is 0.750. The van der Waals surface area contributed by atoms with Crippen LogP contribution < -0.4 is 16.2 Å². The second-order valence-electron chi connectivity index (χ2n) is 6.75. The molecule has 1 aliphatic carbocycles. The van der Waals surface area contributed by atoms with Crippen LogP contribution in [0.15, 0.2) is 6.07 Å². The Morgan fingerprint density at radius 3 is 2.43 bits per heavy atom. The highest BCUT2D eigenvalue weighted by Gasteiger charge is 2.25. The molecule has 0 atom stereocenters. The molecule has 0 unspecified atom stereocenters. The average molecular weight is 291 g/mol. The van der Waals surface area contributed by atoms with Crippen molar-refractivity contribution in [3.8, 4) is 0 Å². The van der Waals surface area contributed by atoms with E-state index >= 15 is 0 Å². The highest BCUT2D eigenvalue weighted by molar-refractivity contribution is 5.50. The molecule has 0 radical (unpaired) electrons. The second kappa shape index (κ2) is 7.07. The number of anilines is 2. The Bertz CT molecular complexity index is 452. The first-order valence-electron chi connectivity index (χ1n) is 8.13. The molecule has 0 spiro atoms. The Morgan fingerprint density at radius 1 is 1.24 bits per heavy atom. The van der Waals surface area contributed by atoms with Crippen molar-refractivity contribution in [1.82, 2.24) is 9.97 Å². The van der Waals surface area contributed by atoms with Crippen molar-refractivity contribution in [2.24, 2.45) is 11.8 Å². The predicted molar refractivity (Wildman–Crippen MR) is 88.4 cm³/mol. The van der Waals surface area contributed by atoms with Gasteiger partial charge in [-0.05, 0) is 18.8 Å². The van der Waals surface area contributed by atoms with Gasteiger partial charge in [-0.25, -0.2) is 15.8 Å². The number of hydrazine groups is 1. The molecule has 1 saturated carbocycles. The van der Waals surface area contributed by atoms with E-state index in [2.05, 4.69) is 43.0 Å². The zero-order chi connectivity index (χ0) is 15.4. The van der Waals surface area contributed by atoms with Crippen LogP contribution in [-0.2, 0) is 0 Å². The SMILES string of the molecule is CC(C)CN(c1cc(NN)nc(C(C)C)n1)C1CCCC1. The van der Waals surface area contributed by atoms with Gasteiger partial charge >= 0.3 is 0 Å². The summed E-state index contributed by atoms with van der Waals surface area (Å²) in [5.74, 6) is 9.06. The van der Waals surface area contributed by atoms with Crippen LogP contribution in [0.2, 0.25) is 0 Å². The third-order valence-electron chi connectivity index (χ3n) is 4.02. The summed E-state index contributed by atoms with van der Waals surface area (Å²) in [5, 5.41) is 0. The third kappa shape index (κ3) is 4.06. The smallest absolute Gasteiger partial charge is 0.145 e. The van der Waals surface area contributed by atoms with Gasteiger partial charge in [-0.2, -0.15) is 0 Å². The van der Waals surface area contributed by atoms with Gasteiger partial charge in [0.2, 0.25) is 0 Å².